The zero-order valence-electron chi connectivity index (χ0n) is 22.8. The van der Waals surface area contributed by atoms with E-state index in [9.17, 15) is 40.3 Å². The third-order valence-electron chi connectivity index (χ3n) is 7.15. The maximum Gasteiger partial charge on any atom is 0.416 e. The normalized spacial score (nSPS) is 20.1. The molecule has 2 aliphatic rings. The molecule has 2 atom stereocenters. The molecule has 2 aromatic rings. The number of hydrogen-bond acceptors (Lipinski definition) is 3. The second kappa shape index (κ2) is 11.2. The highest BCUT2D eigenvalue weighted by Crippen LogP contribution is 2.40. The third kappa shape index (κ3) is 7.71. The van der Waals surface area contributed by atoms with E-state index in [1.165, 1.54) is 34.1 Å². The van der Waals surface area contributed by atoms with Crippen LogP contribution in [0.15, 0.2) is 42.5 Å². The fourth-order valence-electron chi connectivity index (χ4n) is 5.08. The van der Waals surface area contributed by atoms with Crippen molar-refractivity contribution < 1.29 is 45.1 Å². The minimum atomic E-state index is -5.01. The molecule has 0 spiro atoms. The van der Waals surface area contributed by atoms with Crippen LogP contribution >= 0.6 is 0 Å². The van der Waals surface area contributed by atoms with E-state index in [0.29, 0.717) is 30.5 Å². The van der Waals surface area contributed by atoms with E-state index in [1.807, 2.05) is 0 Å². The highest BCUT2D eigenvalue weighted by Gasteiger charge is 2.44. The van der Waals surface area contributed by atoms with Gasteiger partial charge in [0.1, 0.15) is 11.4 Å². The van der Waals surface area contributed by atoms with Gasteiger partial charge < -0.3 is 14.5 Å². The minimum Gasteiger partial charge on any atom is -0.444 e. The van der Waals surface area contributed by atoms with Crippen LogP contribution in [0, 0.1) is 11.7 Å². The van der Waals surface area contributed by atoms with Crippen molar-refractivity contribution in [3.05, 3.63) is 70.5 Å². The number of carbonyl (C=O) groups excluding carboxylic acids is 2. The van der Waals surface area contributed by atoms with Crippen molar-refractivity contribution in [2.45, 2.75) is 76.5 Å². The van der Waals surface area contributed by atoms with Crippen LogP contribution in [-0.2, 0) is 28.4 Å². The van der Waals surface area contributed by atoms with E-state index in [0.717, 1.165) is 0 Å². The predicted molar refractivity (Wildman–Crippen MR) is 135 cm³/mol. The van der Waals surface area contributed by atoms with Crippen LogP contribution in [0.4, 0.5) is 35.5 Å². The molecule has 0 aromatic heterocycles. The number of carbonyl (C=O) groups is 2. The summed E-state index contributed by atoms with van der Waals surface area (Å²) in [5.74, 6) is -2.27. The number of alkyl halides is 6. The number of halogens is 7. The van der Waals surface area contributed by atoms with Gasteiger partial charge >= 0.3 is 18.4 Å². The molecule has 0 radical (unpaired) electrons. The quantitative estimate of drug-likeness (QED) is 0.342. The number of piperidine rings is 1. The largest absolute Gasteiger partial charge is 0.444 e. The number of ether oxygens (including phenoxy) is 1. The van der Waals surface area contributed by atoms with Gasteiger partial charge in [0.2, 0.25) is 5.91 Å². The highest BCUT2D eigenvalue weighted by atomic mass is 19.4. The lowest BCUT2D eigenvalue weighted by Gasteiger charge is -2.40. The summed E-state index contributed by atoms with van der Waals surface area (Å²) in [6.07, 6.45) is -9.29. The number of benzene rings is 2. The summed E-state index contributed by atoms with van der Waals surface area (Å²) < 4.78 is 99.9. The van der Waals surface area contributed by atoms with Gasteiger partial charge in [0.15, 0.2) is 0 Å². The molecular formula is C29H31F7N2O3. The molecular weight excluding hydrogens is 557 g/mol. The summed E-state index contributed by atoms with van der Waals surface area (Å²) >= 11 is 0. The molecule has 1 saturated carbocycles. The molecule has 2 fully saturated rings. The van der Waals surface area contributed by atoms with Crippen LogP contribution in [0.2, 0.25) is 0 Å². The molecule has 2 amide bonds. The number of hydrogen-bond donors (Lipinski definition) is 0. The molecule has 0 bridgehead atoms. The first kappa shape index (κ1) is 30.6. The maximum absolute atomic E-state index is 14.0. The lowest BCUT2D eigenvalue weighted by atomic mass is 9.79. The van der Waals surface area contributed by atoms with E-state index in [4.69, 9.17) is 4.74 Å². The van der Waals surface area contributed by atoms with Crippen molar-refractivity contribution in [3.8, 4) is 0 Å². The Hall–Kier alpha value is -3.31. The van der Waals surface area contributed by atoms with Gasteiger partial charge in [0, 0.05) is 37.5 Å². The molecule has 1 saturated heterocycles. The van der Waals surface area contributed by atoms with Crippen LogP contribution in [0.1, 0.15) is 68.2 Å². The number of likely N-dealkylation sites (tertiary alicyclic amines) is 1. The average Bonchev–Trinajstić information content (AvgIpc) is 3.70. The molecule has 0 N–H and O–H groups in total. The number of rotatable bonds is 5. The van der Waals surface area contributed by atoms with Gasteiger partial charge in [-0.3, -0.25) is 4.79 Å². The van der Waals surface area contributed by atoms with E-state index in [1.54, 1.807) is 20.8 Å². The first-order chi connectivity index (χ1) is 18.9. The monoisotopic (exact) mass is 588 g/mol. The van der Waals surface area contributed by atoms with Crippen LogP contribution in [0.25, 0.3) is 0 Å². The van der Waals surface area contributed by atoms with Gasteiger partial charge in [0.25, 0.3) is 0 Å². The van der Waals surface area contributed by atoms with Gasteiger partial charge in [-0.15, -0.1) is 0 Å². The van der Waals surface area contributed by atoms with Crippen molar-refractivity contribution in [1.82, 2.24) is 9.80 Å². The van der Waals surface area contributed by atoms with Crippen molar-refractivity contribution in [1.29, 1.82) is 0 Å². The zero-order valence-corrected chi connectivity index (χ0v) is 22.8. The molecule has 1 aliphatic heterocycles. The fourth-order valence-corrected chi connectivity index (χ4v) is 5.08. The summed E-state index contributed by atoms with van der Waals surface area (Å²) in [6.45, 7) is 4.93. The Morgan fingerprint density at radius 1 is 0.902 bits per heavy atom. The van der Waals surface area contributed by atoms with Crippen LogP contribution in [0.3, 0.4) is 0 Å². The van der Waals surface area contributed by atoms with Crippen LogP contribution in [-0.4, -0.2) is 46.5 Å². The number of amides is 2. The molecule has 41 heavy (non-hydrogen) atoms. The topological polar surface area (TPSA) is 49.9 Å². The lowest BCUT2D eigenvalue weighted by molar-refractivity contribution is -0.143. The Morgan fingerprint density at radius 3 is 1.95 bits per heavy atom. The Labute approximate surface area is 233 Å². The Bertz CT molecular complexity index is 1230. The standard InChI is InChI=1S/C29H31F7N2O3/c1-27(2,3)41-26(40)37-11-10-23(24(16-37)18-4-6-21(30)7-5-18)25(39)38(22-8-9-22)15-17-12-19(28(31,32)33)14-20(13-17)29(34,35)36/h4-7,12-14,22-24H,8-11,15-16H2,1-3H3/t23-,24-/m0/s1. The highest BCUT2D eigenvalue weighted by molar-refractivity contribution is 5.81. The summed E-state index contributed by atoms with van der Waals surface area (Å²) in [5, 5.41) is 0. The molecule has 1 aliphatic carbocycles. The average molecular weight is 589 g/mol. The Kier molecular flexibility index (Phi) is 8.35. The van der Waals surface area contributed by atoms with E-state index in [2.05, 4.69) is 0 Å². The molecule has 12 heteroatoms. The molecule has 224 valence electrons. The van der Waals surface area contributed by atoms with Gasteiger partial charge in [-0.1, -0.05) is 12.1 Å². The number of nitrogens with zero attached hydrogens (tertiary/aromatic N) is 2. The SMILES string of the molecule is CC(C)(C)OC(=O)N1CC[C@H](C(=O)N(Cc2cc(C(F)(F)F)cc(C(F)(F)F)c2)C2CC2)[C@H](c2ccc(F)cc2)C1. The van der Waals surface area contributed by atoms with Crippen molar-refractivity contribution in [2.75, 3.05) is 13.1 Å². The summed E-state index contributed by atoms with van der Waals surface area (Å²) in [7, 11) is 0. The maximum atomic E-state index is 14.0. The molecule has 4 rings (SSSR count). The molecule has 5 nitrogen and oxygen atoms in total. The predicted octanol–water partition coefficient (Wildman–Crippen LogP) is 7.40. The molecule has 2 aromatic carbocycles. The third-order valence-corrected chi connectivity index (χ3v) is 7.15. The van der Waals surface area contributed by atoms with Crippen molar-refractivity contribution in [2.24, 2.45) is 5.92 Å². The Balaban J connectivity index is 1.65. The first-order valence-electron chi connectivity index (χ1n) is 13.2. The van der Waals surface area contributed by atoms with Crippen molar-refractivity contribution in [3.63, 3.8) is 0 Å². The lowest BCUT2D eigenvalue weighted by Crippen LogP contribution is -2.49. The fraction of sp³-hybridized carbons (Fsp3) is 0.517. The van der Waals surface area contributed by atoms with Gasteiger partial charge in [0.05, 0.1) is 11.1 Å². The van der Waals surface area contributed by atoms with E-state index >= 15 is 0 Å². The second-order valence-corrected chi connectivity index (χ2v) is 11.6. The zero-order chi connectivity index (χ0) is 30.3. The second-order valence-electron chi connectivity index (χ2n) is 11.6. The smallest absolute Gasteiger partial charge is 0.416 e. The minimum absolute atomic E-state index is 0.0593. The van der Waals surface area contributed by atoms with Gasteiger partial charge in [-0.2, -0.15) is 26.3 Å². The van der Waals surface area contributed by atoms with Gasteiger partial charge in [-0.25, -0.2) is 9.18 Å². The van der Waals surface area contributed by atoms with Crippen LogP contribution < -0.4 is 0 Å². The summed E-state index contributed by atoms with van der Waals surface area (Å²) in [6, 6.07) is 6.46. The Morgan fingerprint density at radius 2 is 1.46 bits per heavy atom. The van der Waals surface area contributed by atoms with E-state index < -0.39 is 65.3 Å². The molecule has 0 unspecified atom stereocenters. The van der Waals surface area contributed by atoms with Crippen LogP contribution in [0.5, 0.6) is 0 Å². The van der Waals surface area contributed by atoms with Gasteiger partial charge in [-0.05, 0) is 81.5 Å². The first-order valence-corrected chi connectivity index (χ1v) is 13.2. The van der Waals surface area contributed by atoms with Crippen molar-refractivity contribution >= 4 is 12.0 Å². The summed E-state index contributed by atoms with van der Waals surface area (Å²) in [4.78, 5) is 29.6. The molecule has 1 heterocycles. The van der Waals surface area contributed by atoms with E-state index in [-0.39, 0.29) is 37.2 Å². The summed E-state index contributed by atoms with van der Waals surface area (Å²) in [5.41, 5.74) is -3.36.